The van der Waals surface area contributed by atoms with Crippen LogP contribution in [-0.2, 0) is 17.1 Å². The normalized spacial score (nSPS) is 14.5. The molecule has 1 aromatic heterocycles. The molecule has 0 radical (unpaired) electrons. The van der Waals surface area contributed by atoms with Crippen molar-refractivity contribution in [3.63, 3.8) is 0 Å². The van der Waals surface area contributed by atoms with Gasteiger partial charge in [0.05, 0.1) is 16.6 Å². The van der Waals surface area contributed by atoms with Crippen molar-refractivity contribution in [2.45, 2.75) is 18.1 Å². The Hall–Kier alpha value is -1.62. The summed E-state index contributed by atoms with van der Waals surface area (Å²) in [7, 11) is -2.01. The minimum Gasteiger partial charge on any atom is -0.337 e. The fourth-order valence-electron chi connectivity index (χ4n) is 2.20. The molecular formula is C15H15FIN3O3S. The van der Waals surface area contributed by atoms with Gasteiger partial charge in [-0.05, 0) is 59.7 Å². The highest BCUT2D eigenvalue weighted by molar-refractivity contribution is 14.1. The highest BCUT2D eigenvalue weighted by Crippen LogP contribution is 2.32. The number of halogens is 2. The fraction of sp³-hybridized carbons (Fsp3) is 0.267. The van der Waals surface area contributed by atoms with Crippen LogP contribution in [0, 0.1) is 9.39 Å². The second-order valence-corrected chi connectivity index (χ2v) is 8.79. The number of hydrogen-bond acceptors (Lipinski definition) is 4. The van der Waals surface area contributed by atoms with E-state index in [2.05, 4.69) is 10.0 Å². The van der Waals surface area contributed by atoms with Crippen molar-refractivity contribution in [1.82, 2.24) is 4.57 Å². The number of benzene rings is 1. The Morgan fingerprint density at radius 3 is 2.50 bits per heavy atom. The van der Waals surface area contributed by atoms with Crippen molar-refractivity contribution in [2.24, 2.45) is 7.05 Å². The van der Waals surface area contributed by atoms with Crippen molar-refractivity contribution in [3.05, 3.63) is 50.1 Å². The quantitative estimate of drug-likeness (QED) is 0.669. The second-order valence-electron chi connectivity index (χ2n) is 5.59. The first-order valence-corrected chi connectivity index (χ1v) is 9.84. The lowest BCUT2D eigenvalue weighted by atomic mass is 10.3. The largest absolute Gasteiger partial charge is 0.337 e. The van der Waals surface area contributed by atoms with Crippen LogP contribution in [0.1, 0.15) is 12.8 Å². The van der Waals surface area contributed by atoms with Gasteiger partial charge < -0.3 is 5.32 Å². The molecule has 1 heterocycles. The van der Waals surface area contributed by atoms with Gasteiger partial charge in [-0.25, -0.2) is 12.8 Å². The molecule has 2 aromatic rings. The standard InChI is InChI=1S/C15H15FIN3O3S/c1-20-14(21)7-6-13(19-24(22,23)10-3-4-10)15(20)18-12-5-2-9(17)8-11(12)16/h2,5-8,10,18-19H,3-4H2,1H3. The van der Waals surface area contributed by atoms with Crippen molar-refractivity contribution in [3.8, 4) is 0 Å². The number of pyridine rings is 1. The Morgan fingerprint density at radius 2 is 1.88 bits per heavy atom. The number of anilines is 3. The molecule has 1 fully saturated rings. The molecule has 3 rings (SSSR count). The molecule has 128 valence electrons. The SMILES string of the molecule is Cn1c(Nc2ccc(I)cc2F)c(NS(=O)(=O)C2CC2)ccc1=O. The maximum atomic E-state index is 14.1. The Balaban J connectivity index is 2.01. The summed E-state index contributed by atoms with van der Waals surface area (Å²) in [6.07, 6.45) is 1.24. The van der Waals surface area contributed by atoms with Gasteiger partial charge in [0.15, 0.2) is 0 Å². The van der Waals surface area contributed by atoms with Gasteiger partial charge in [-0.2, -0.15) is 0 Å². The number of aromatic nitrogens is 1. The van der Waals surface area contributed by atoms with E-state index in [4.69, 9.17) is 0 Å². The van der Waals surface area contributed by atoms with Gasteiger partial charge in [0, 0.05) is 16.7 Å². The van der Waals surface area contributed by atoms with E-state index in [0.29, 0.717) is 12.8 Å². The third kappa shape index (κ3) is 3.56. The molecular weight excluding hydrogens is 448 g/mol. The third-order valence-electron chi connectivity index (χ3n) is 3.71. The van der Waals surface area contributed by atoms with Crippen molar-refractivity contribution in [2.75, 3.05) is 10.0 Å². The molecule has 1 saturated carbocycles. The Morgan fingerprint density at radius 1 is 1.21 bits per heavy atom. The van der Waals surface area contributed by atoms with E-state index in [1.165, 1.54) is 35.9 Å². The highest BCUT2D eigenvalue weighted by atomic mass is 127. The van der Waals surface area contributed by atoms with E-state index in [1.54, 1.807) is 6.07 Å². The van der Waals surface area contributed by atoms with Gasteiger partial charge in [-0.1, -0.05) is 0 Å². The molecule has 2 N–H and O–H groups in total. The minimum atomic E-state index is -3.50. The smallest absolute Gasteiger partial charge is 0.251 e. The Kier molecular flexibility index (Phi) is 4.56. The summed E-state index contributed by atoms with van der Waals surface area (Å²) in [4.78, 5) is 11.9. The summed E-state index contributed by atoms with van der Waals surface area (Å²) in [5.41, 5.74) is 0.0308. The average Bonchev–Trinajstić information content (AvgIpc) is 3.34. The molecule has 1 aliphatic rings. The maximum Gasteiger partial charge on any atom is 0.251 e. The summed E-state index contributed by atoms with van der Waals surface area (Å²) >= 11 is 1.99. The predicted octanol–water partition coefficient (Wildman–Crippen LogP) is 2.78. The van der Waals surface area contributed by atoms with Crippen LogP contribution in [0.15, 0.2) is 35.1 Å². The lowest BCUT2D eigenvalue weighted by Crippen LogP contribution is -2.23. The van der Waals surface area contributed by atoms with E-state index in [-0.39, 0.29) is 22.8 Å². The number of nitrogens with zero attached hydrogens (tertiary/aromatic N) is 1. The Labute approximate surface area is 152 Å². The van der Waals surface area contributed by atoms with Gasteiger partial charge in [0.1, 0.15) is 11.6 Å². The average molecular weight is 463 g/mol. The molecule has 0 unspecified atom stereocenters. The van der Waals surface area contributed by atoms with E-state index < -0.39 is 21.1 Å². The zero-order valence-electron chi connectivity index (χ0n) is 12.7. The van der Waals surface area contributed by atoms with Gasteiger partial charge >= 0.3 is 0 Å². The van der Waals surface area contributed by atoms with Crippen LogP contribution < -0.4 is 15.6 Å². The predicted molar refractivity (Wildman–Crippen MR) is 99.6 cm³/mol. The van der Waals surface area contributed by atoms with Crippen LogP contribution in [0.3, 0.4) is 0 Å². The number of hydrogen-bond donors (Lipinski definition) is 2. The summed E-state index contributed by atoms with van der Waals surface area (Å²) in [6.45, 7) is 0. The zero-order chi connectivity index (χ0) is 17.5. The summed E-state index contributed by atoms with van der Waals surface area (Å²) in [6, 6.07) is 7.24. The second kappa shape index (κ2) is 6.36. The minimum absolute atomic E-state index is 0.156. The lowest BCUT2D eigenvalue weighted by molar-refractivity contribution is 0.600. The summed E-state index contributed by atoms with van der Waals surface area (Å²) in [5, 5.41) is 2.41. The number of sulfonamides is 1. The van der Waals surface area contributed by atoms with Crippen molar-refractivity contribution < 1.29 is 12.8 Å². The molecule has 0 spiro atoms. The Bertz CT molecular complexity index is 955. The van der Waals surface area contributed by atoms with Crippen LogP contribution in [0.2, 0.25) is 0 Å². The van der Waals surface area contributed by atoms with Crippen LogP contribution >= 0.6 is 22.6 Å². The highest BCUT2D eigenvalue weighted by Gasteiger charge is 2.36. The molecule has 24 heavy (non-hydrogen) atoms. The number of rotatable bonds is 5. The lowest BCUT2D eigenvalue weighted by Gasteiger charge is -2.17. The zero-order valence-corrected chi connectivity index (χ0v) is 15.7. The van der Waals surface area contributed by atoms with Gasteiger partial charge in [0.2, 0.25) is 10.0 Å². The number of nitrogens with one attached hydrogen (secondary N) is 2. The van der Waals surface area contributed by atoms with E-state index >= 15 is 0 Å². The molecule has 0 bridgehead atoms. The van der Waals surface area contributed by atoms with Gasteiger partial charge in [-0.15, -0.1) is 0 Å². The first kappa shape index (κ1) is 17.2. The molecule has 1 aliphatic carbocycles. The maximum absolute atomic E-state index is 14.1. The van der Waals surface area contributed by atoms with Crippen LogP contribution in [0.5, 0.6) is 0 Å². The van der Waals surface area contributed by atoms with Crippen LogP contribution in [0.25, 0.3) is 0 Å². The molecule has 9 heteroatoms. The van der Waals surface area contributed by atoms with Crippen LogP contribution in [0.4, 0.5) is 21.6 Å². The topological polar surface area (TPSA) is 80.2 Å². The summed E-state index contributed by atoms with van der Waals surface area (Å²) < 4.78 is 42.9. The molecule has 1 aromatic carbocycles. The monoisotopic (exact) mass is 463 g/mol. The molecule has 0 saturated heterocycles. The summed E-state index contributed by atoms with van der Waals surface area (Å²) in [5.74, 6) is -0.305. The van der Waals surface area contributed by atoms with Crippen LogP contribution in [-0.4, -0.2) is 18.2 Å². The van der Waals surface area contributed by atoms with E-state index in [1.807, 2.05) is 22.6 Å². The molecule has 6 nitrogen and oxygen atoms in total. The molecule has 0 amide bonds. The van der Waals surface area contributed by atoms with E-state index in [0.717, 1.165) is 3.57 Å². The van der Waals surface area contributed by atoms with Crippen molar-refractivity contribution in [1.29, 1.82) is 0 Å². The third-order valence-corrected chi connectivity index (χ3v) is 6.24. The van der Waals surface area contributed by atoms with E-state index in [9.17, 15) is 17.6 Å². The molecule has 0 aliphatic heterocycles. The first-order chi connectivity index (χ1) is 11.3. The first-order valence-electron chi connectivity index (χ1n) is 7.21. The van der Waals surface area contributed by atoms with Crippen molar-refractivity contribution >= 4 is 49.8 Å². The fourth-order valence-corrected chi connectivity index (χ4v) is 4.05. The van der Waals surface area contributed by atoms with Gasteiger partial charge in [-0.3, -0.25) is 14.1 Å². The van der Waals surface area contributed by atoms with Gasteiger partial charge in [0.25, 0.3) is 5.56 Å². The molecule has 0 atom stereocenters.